The van der Waals surface area contributed by atoms with E-state index in [1.165, 1.54) is 30.1 Å². The van der Waals surface area contributed by atoms with Crippen molar-refractivity contribution in [2.24, 2.45) is 0 Å². The Balaban J connectivity index is 1.78. The van der Waals surface area contributed by atoms with Crippen LogP contribution in [0.15, 0.2) is 30.5 Å². The van der Waals surface area contributed by atoms with E-state index in [4.69, 9.17) is 37.4 Å². The summed E-state index contributed by atoms with van der Waals surface area (Å²) in [7, 11) is 1.41. The number of fused-ring (bicyclic) bond motifs is 1. The van der Waals surface area contributed by atoms with Crippen LogP contribution in [-0.2, 0) is 0 Å². The topological polar surface area (TPSA) is 117 Å². The zero-order chi connectivity index (χ0) is 23.7. The minimum absolute atomic E-state index is 0.0472. The second kappa shape index (κ2) is 9.16. The number of hydrogen-bond donors (Lipinski definition) is 2. The summed E-state index contributed by atoms with van der Waals surface area (Å²) in [5.41, 5.74) is 0.158. The predicted octanol–water partition coefficient (Wildman–Crippen LogP) is 3.70. The summed E-state index contributed by atoms with van der Waals surface area (Å²) in [6.45, 7) is 3.53. The average molecular weight is 492 g/mol. The number of halogens is 2. The fourth-order valence-electron chi connectivity index (χ4n) is 3.18. The van der Waals surface area contributed by atoms with Crippen molar-refractivity contribution in [1.82, 2.24) is 20.1 Å². The van der Waals surface area contributed by atoms with E-state index in [2.05, 4.69) is 20.7 Å². The summed E-state index contributed by atoms with van der Waals surface area (Å²) in [5.74, 6) is -0.237. The maximum Gasteiger partial charge on any atom is 0.274 e. The van der Waals surface area contributed by atoms with Gasteiger partial charge in [0.1, 0.15) is 11.3 Å². The molecule has 1 aliphatic rings. The quantitative estimate of drug-likeness (QED) is 0.539. The zero-order valence-electron chi connectivity index (χ0n) is 17.8. The summed E-state index contributed by atoms with van der Waals surface area (Å²) in [5, 5.41) is 10.1. The molecule has 0 unspecified atom stereocenters. The fourth-order valence-corrected chi connectivity index (χ4v) is 3.62. The van der Waals surface area contributed by atoms with Gasteiger partial charge in [0.05, 0.1) is 22.8 Å². The van der Waals surface area contributed by atoms with E-state index >= 15 is 0 Å². The van der Waals surface area contributed by atoms with Crippen molar-refractivity contribution in [2.45, 2.75) is 19.9 Å². The number of hydrogen-bond acceptors (Lipinski definition) is 7. The second-order valence-corrected chi connectivity index (χ2v) is 8.03. The van der Waals surface area contributed by atoms with E-state index < -0.39 is 11.8 Å². The standard InChI is InChI=1S/C21H19Cl2N5O5/c1-10(2)25-21(30)16-17(12(23)7-14-18(16)33-9-32-14)26-20(29)13-8-15(31-3)27-28(13)19-11(22)5-4-6-24-19/h4-8,10H,9H2,1-3H3,(H,25,30)(H,26,29). The molecular weight excluding hydrogens is 473 g/mol. The van der Waals surface area contributed by atoms with Crippen molar-refractivity contribution in [3.8, 4) is 23.2 Å². The molecule has 0 saturated heterocycles. The zero-order valence-corrected chi connectivity index (χ0v) is 19.3. The molecule has 2 N–H and O–H groups in total. The number of anilines is 1. The van der Waals surface area contributed by atoms with Crippen molar-refractivity contribution >= 4 is 40.7 Å². The van der Waals surface area contributed by atoms with Gasteiger partial charge < -0.3 is 24.8 Å². The second-order valence-electron chi connectivity index (χ2n) is 7.22. The van der Waals surface area contributed by atoms with E-state index in [1.807, 2.05) is 0 Å². The third kappa shape index (κ3) is 4.39. The predicted molar refractivity (Wildman–Crippen MR) is 121 cm³/mol. The highest BCUT2D eigenvalue weighted by Gasteiger charge is 2.30. The molecule has 0 aliphatic carbocycles. The number of amides is 2. The molecule has 33 heavy (non-hydrogen) atoms. The van der Waals surface area contributed by atoms with Gasteiger partial charge in [0.2, 0.25) is 12.7 Å². The van der Waals surface area contributed by atoms with Crippen LogP contribution in [-0.4, -0.2) is 46.5 Å². The maximum absolute atomic E-state index is 13.3. The van der Waals surface area contributed by atoms with Crippen molar-refractivity contribution in [1.29, 1.82) is 0 Å². The largest absolute Gasteiger partial charge is 0.480 e. The number of ether oxygens (including phenoxy) is 3. The minimum Gasteiger partial charge on any atom is -0.480 e. The molecule has 3 heterocycles. The molecule has 0 radical (unpaired) electrons. The number of methoxy groups -OCH3 is 1. The lowest BCUT2D eigenvalue weighted by atomic mass is 10.1. The Morgan fingerprint density at radius 1 is 1.18 bits per heavy atom. The SMILES string of the molecule is COc1cc(C(=O)Nc2c(Cl)cc3c(c2C(=O)NC(C)C)OCO3)n(-c2ncccc2Cl)n1. The van der Waals surface area contributed by atoms with Gasteiger partial charge in [0, 0.05) is 24.4 Å². The van der Waals surface area contributed by atoms with E-state index in [1.54, 1.807) is 26.0 Å². The van der Waals surface area contributed by atoms with Crippen LogP contribution in [0.1, 0.15) is 34.7 Å². The number of carbonyl (C=O) groups is 2. The Kier molecular flexibility index (Phi) is 6.30. The van der Waals surface area contributed by atoms with Crippen molar-refractivity contribution in [2.75, 3.05) is 19.2 Å². The lowest BCUT2D eigenvalue weighted by molar-refractivity contribution is 0.0939. The Morgan fingerprint density at radius 3 is 2.67 bits per heavy atom. The number of nitrogens with one attached hydrogen (secondary N) is 2. The number of benzene rings is 1. The molecule has 4 rings (SSSR count). The molecule has 3 aromatic rings. The molecular formula is C21H19Cl2N5O5. The summed E-state index contributed by atoms with van der Waals surface area (Å²) >= 11 is 12.7. The van der Waals surface area contributed by atoms with Crippen molar-refractivity contribution in [3.05, 3.63) is 51.8 Å². The van der Waals surface area contributed by atoms with Gasteiger partial charge >= 0.3 is 0 Å². The Labute approximate surface area is 198 Å². The van der Waals surface area contributed by atoms with E-state index in [0.717, 1.165) is 0 Å². The highest BCUT2D eigenvalue weighted by molar-refractivity contribution is 6.35. The highest BCUT2D eigenvalue weighted by Crippen LogP contribution is 2.44. The maximum atomic E-state index is 13.3. The van der Waals surface area contributed by atoms with Crippen LogP contribution in [0.4, 0.5) is 5.69 Å². The van der Waals surface area contributed by atoms with Crippen LogP contribution in [0, 0.1) is 0 Å². The summed E-state index contributed by atoms with van der Waals surface area (Å²) in [6, 6.07) is 5.98. The first-order valence-corrected chi connectivity index (χ1v) is 10.5. The fraction of sp³-hybridized carbons (Fsp3) is 0.238. The van der Waals surface area contributed by atoms with Crippen LogP contribution in [0.3, 0.4) is 0 Å². The van der Waals surface area contributed by atoms with Crippen molar-refractivity contribution < 1.29 is 23.8 Å². The number of aromatic nitrogens is 3. The monoisotopic (exact) mass is 491 g/mol. The van der Waals surface area contributed by atoms with Crippen LogP contribution >= 0.6 is 23.2 Å². The van der Waals surface area contributed by atoms with Crippen LogP contribution < -0.4 is 24.8 Å². The molecule has 0 bridgehead atoms. The molecule has 0 saturated carbocycles. The van der Waals surface area contributed by atoms with Gasteiger partial charge in [-0.1, -0.05) is 23.2 Å². The molecule has 2 amide bonds. The van der Waals surface area contributed by atoms with Gasteiger partial charge in [-0.3, -0.25) is 9.59 Å². The summed E-state index contributed by atoms with van der Waals surface area (Å²) in [4.78, 5) is 30.5. The third-order valence-electron chi connectivity index (χ3n) is 4.57. The number of pyridine rings is 1. The number of carbonyl (C=O) groups excluding carboxylic acids is 2. The normalized spacial score (nSPS) is 12.1. The van der Waals surface area contributed by atoms with E-state index in [-0.39, 0.29) is 57.3 Å². The first-order valence-electron chi connectivity index (χ1n) is 9.79. The average Bonchev–Trinajstić information content (AvgIpc) is 3.40. The number of rotatable bonds is 6. The molecule has 172 valence electrons. The van der Waals surface area contributed by atoms with Gasteiger partial charge in [-0.2, -0.15) is 0 Å². The molecule has 0 spiro atoms. The van der Waals surface area contributed by atoms with Gasteiger partial charge in [-0.05, 0) is 26.0 Å². The van der Waals surface area contributed by atoms with Gasteiger partial charge in [-0.15, -0.1) is 5.10 Å². The molecule has 12 heteroatoms. The molecule has 10 nitrogen and oxygen atoms in total. The Hall–Kier alpha value is -3.50. The molecule has 1 aromatic carbocycles. The molecule has 0 fully saturated rings. The van der Waals surface area contributed by atoms with Crippen LogP contribution in [0.5, 0.6) is 17.4 Å². The van der Waals surface area contributed by atoms with Crippen LogP contribution in [0.25, 0.3) is 5.82 Å². The van der Waals surface area contributed by atoms with Gasteiger partial charge in [0.15, 0.2) is 17.3 Å². The first-order chi connectivity index (χ1) is 15.8. The lowest BCUT2D eigenvalue weighted by Gasteiger charge is -2.17. The minimum atomic E-state index is -0.633. The lowest BCUT2D eigenvalue weighted by Crippen LogP contribution is -2.31. The number of nitrogens with zero attached hydrogens (tertiary/aromatic N) is 3. The van der Waals surface area contributed by atoms with Gasteiger partial charge in [0.25, 0.3) is 11.8 Å². The molecule has 1 aliphatic heterocycles. The molecule has 0 atom stereocenters. The highest BCUT2D eigenvalue weighted by atomic mass is 35.5. The third-order valence-corrected chi connectivity index (χ3v) is 5.16. The molecule has 2 aromatic heterocycles. The van der Waals surface area contributed by atoms with Crippen LogP contribution in [0.2, 0.25) is 10.0 Å². The first kappa shape index (κ1) is 22.7. The summed E-state index contributed by atoms with van der Waals surface area (Å²) in [6.07, 6.45) is 1.51. The van der Waals surface area contributed by atoms with E-state index in [9.17, 15) is 9.59 Å². The Bertz CT molecular complexity index is 1240. The van der Waals surface area contributed by atoms with Gasteiger partial charge in [-0.25, -0.2) is 9.67 Å². The van der Waals surface area contributed by atoms with Crippen molar-refractivity contribution in [3.63, 3.8) is 0 Å². The van der Waals surface area contributed by atoms with E-state index in [0.29, 0.717) is 5.75 Å². The Morgan fingerprint density at radius 2 is 1.97 bits per heavy atom. The smallest absolute Gasteiger partial charge is 0.274 e. The summed E-state index contributed by atoms with van der Waals surface area (Å²) < 4.78 is 17.3.